The van der Waals surface area contributed by atoms with Crippen LogP contribution in [0.2, 0.25) is 0 Å². The number of methoxy groups -OCH3 is 1. The molecule has 1 aromatic heterocycles. The van der Waals surface area contributed by atoms with Gasteiger partial charge in [-0.2, -0.15) is 0 Å². The van der Waals surface area contributed by atoms with Crippen molar-refractivity contribution in [3.8, 4) is 11.5 Å². The molecule has 0 saturated heterocycles. The Morgan fingerprint density at radius 3 is 2.81 bits per heavy atom. The van der Waals surface area contributed by atoms with Gasteiger partial charge in [0, 0.05) is 21.3 Å². The number of hydrogen-bond donors (Lipinski definition) is 1. The lowest BCUT2D eigenvalue weighted by atomic mass is 10.1. The van der Waals surface area contributed by atoms with Gasteiger partial charge in [-0.05, 0) is 30.3 Å². The lowest BCUT2D eigenvalue weighted by molar-refractivity contribution is -0.123. The maximum absolute atomic E-state index is 12.8. The Kier molecular flexibility index (Phi) is 4.78. The third-order valence-electron chi connectivity index (χ3n) is 5.14. The maximum Gasteiger partial charge on any atom is 0.265 e. The number of nitrogens with zero attached hydrogens (tertiary/aromatic N) is 1. The van der Waals surface area contributed by atoms with Crippen LogP contribution < -0.4 is 19.7 Å². The highest BCUT2D eigenvalue weighted by Gasteiger charge is 2.28. The standard InChI is InChI=1S/C23H17BrN2O5/c1-29-20-9-15-14-4-2-3-5-18(14)31-19(15)10-16(20)25-22(27)11-26-17-7-6-13(24)8-21(17)30-12-23(26)28/h2-10H,11-12H2,1H3,(H,25,27). The number of para-hydroxylation sites is 1. The van der Waals surface area contributed by atoms with E-state index in [1.54, 1.807) is 31.4 Å². The van der Waals surface area contributed by atoms with E-state index in [1.165, 1.54) is 4.90 Å². The van der Waals surface area contributed by atoms with Crippen molar-refractivity contribution in [1.82, 2.24) is 0 Å². The van der Waals surface area contributed by atoms with Crippen molar-refractivity contribution in [2.45, 2.75) is 0 Å². The van der Waals surface area contributed by atoms with E-state index < -0.39 is 0 Å². The molecule has 0 atom stereocenters. The van der Waals surface area contributed by atoms with Gasteiger partial charge in [0.05, 0.1) is 18.5 Å². The zero-order valence-corrected chi connectivity index (χ0v) is 18.1. The Hall–Kier alpha value is -3.52. The van der Waals surface area contributed by atoms with Crippen LogP contribution in [0.3, 0.4) is 0 Å². The molecule has 4 aromatic rings. The molecular formula is C23H17BrN2O5. The first-order valence-electron chi connectivity index (χ1n) is 9.55. The molecule has 3 aromatic carbocycles. The Bertz CT molecular complexity index is 1350. The van der Waals surface area contributed by atoms with Gasteiger partial charge in [0.15, 0.2) is 6.61 Å². The number of furan rings is 1. The quantitative estimate of drug-likeness (QED) is 0.456. The molecule has 1 aliphatic heterocycles. The minimum absolute atomic E-state index is 0.120. The predicted octanol–water partition coefficient (Wildman–Crippen LogP) is 4.72. The summed E-state index contributed by atoms with van der Waals surface area (Å²) in [5.74, 6) is 0.399. The monoisotopic (exact) mass is 480 g/mol. The smallest absolute Gasteiger partial charge is 0.265 e. The van der Waals surface area contributed by atoms with Crippen LogP contribution in [0.5, 0.6) is 11.5 Å². The minimum Gasteiger partial charge on any atom is -0.495 e. The van der Waals surface area contributed by atoms with Crippen molar-refractivity contribution in [1.29, 1.82) is 0 Å². The number of fused-ring (bicyclic) bond motifs is 4. The number of rotatable bonds is 4. The molecule has 8 heteroatoms. The lowest BCUT2D eigenvalue weighted by Crippen LogP contribution is -2.43. The van der Waals surface area contributed by atoms with Gasteiger partial charge in [0.2, 0.25) is 5.91 Å². The van der Waals surface area contributed by atoms with Crippen LogP contribution in [0.4, 0.5) is 11.4 Å². The summed E-state index contributed by atoms with van der Waals surface area (Å²) in [4.78, 5) is 26.6. The first-order chi connectivity index (χ1) is 15.0. The first kappa shape index (κ1) is 19.4. The summed E-state index contributed by atoms with van der Waals surface area (Å²) < 4.78 is 17.7. The molecule has 2 heterocycles. The zero-order chi connectivity index (χ0) is 21.5. The predicted molar refractivity (Wildman–Crippen MR) is 121 cm³/mol. The number of nitrogens with one attached hydrogen (secondary N) is 1. The number of hydrogen-bond acceptors (Lipinski definition) is 5. The van der Waals surface area contributed by atoms with Crippen LogP contribution in [-0.4, -0.2) is 32.1 Å². The van der Waals surface area contributed by atoms with Gasteiger partial charge < -0.3 is 19.2 Å². The van der Waals surface area contributed by atoms with Crippen LogP contribution in [0.15, 0.2) is 63.5 Å². The average molecular weight is 481 g/mol. The van der Waals surface area contributed by atoms with Crippen molar-refractivity contribution in [3.05, 3.63) is 59.1 Å². The van der Waals surface area contributed by atoms with Crippen molar-refractivity contribution >= 4 is 61.1 Å². The number of benzene rings is 3. The van der Waals surface area contributed by atoms with E-state index in [2.05, 4.69) is 21.2 Å². The zero-order valence-electron chi connectivity index (χ0n) is 16.5. The molecule has 31 heavy (non-hydrogen) atoms. The number of carbonyl (C=O) groups excluding carboxylic acids is 2. The fraction of sp³-hybridized carbons (Fsp3) is 0.130. The summed E-state index contributed by atoms with van der Waals surface area (Å²) in [6, 6.07) is 16.6. The maximum atomic E-state index is 12.8. The van der Waals surface area contributed by atoms with Crippen LogP contribution in [0.1, 0.15) is 0 Å². The van der Waals surface area contributed by atoms with E-state index in [9.17, 15) is 9.59 Å². The largest absolute Gasteiger partial charge is 0.495 e. The van der Waals surface area contributed by atoms with E-state index in [0.717, 1.165) is 20.8 Å². The topological polar surface area (TPSA) is 81.0 Å². The van der Waals surface area contributed by atoms with Gasteiger partial charge >= 0.3 is 0 Å². The molecule has 7 nitrogen and oxygen atoms in total. The van der Waals surface area contributed by atoms with Gasteiger partial charge in [-0.15, -0.1) is 0 Å². The highest BCUT2D eigenvalue weighted by atomic mass is 79.9. The Balaban J connectivity index is 1.44. The molecule has 0 spiro atoms. The molecule has 0 bridgehead atoms. The normalized spacial score (nSPS) is 13.2. The average Bonchev–Trinajstić information content (AvgIpc) is 3.12. The summed E-state index contributed by atoms with van der Waals surface area (Å²) in [5, 5.41) is 4.70. The summed E-state index contributed by atoms with van der Waals surface area (Å²) in [5.41, 5.74) is 2.41. The number of amides is 2. The second-order valence-electron chi connectivity index (χ2n) is 7.08. The van der Waals surface area contributed by atoms with Crippen LogP contribution in [-0.2, 0) is 9.59 Å². The molecule has 0 unspecified atom stereocenters. The summed E-state index contributed by atoms with van der Waals surface area (Å²) in [7, 11) is 1.54. The van der Waals surface area contributed by atoms with Crippen molar-refractivity contribution < 1.29 is 23.5 Å². The van der Waals surface area contributed by atoms with Crippen LogP contribution >= 0.6 is 15.9 Å². The van der Waals surface area contributed by atoms with Gasteiger partial charge in [0.1, 0.15) is 29.2 Å². The molecule has 1 aliphatic rings. The molecule has 0 saturated carbocycles. The second kappa shape index (κ2) is 7.63. The SMILES string of the molecule is COc1cc2c(cc1NC(=O)CN1C(=O)COc3cc(Br)ccc31)oc1ccccc12. The molecule has 0 radical (unpaired) electrons. The van der Waals surface area contributed by atoms with E-state index in [4.69, 9.17) is 13.9 Å². The molecule has 1 N–H and O–H groups in total. The van der Waals surface area contributed by atoms with Gasteiger partial charge in [-0.1, -0.05) is 34.1 Å². The highest BCUT2D eigenvalue weighted by Crippen LogP contribution is 2.37. The summed E-state index contributed by atoms with van der Waals surface area (Å²) in [6.07, 6.45) is 0. The van der Waals surface area contributed by atoms with Gasteiger partial charge in [-0.3, -0.25) is 14.5 Å². The van der Waals surface area contributed by atoms with E-state index >= 15 is 0 Å². The van der Waals surface area contributed by atoms with Crippen molar-refractivity contribution in [2.75, 3.05) is 30.5 Å². The third kappa shape index (κ3) is 3.48. The minimum atomic E-state index is -0.363. The van der Waals surface area contributed by atoms with Crippen LogP contribution in [0.25, 0.3) is 21.9 Å². The van der Waals surface area contributed by atoms with Crippen molar-refractivity contribution in [3.63, 3.8) is 0 Å². The summed E-state index contributed by atoms with van der Waals surface area (Å²) >= 11 is 3.38. The molecule has 2 amide bonds. The molecular weight excluding hydrogens is 464 g/mol. The van der Waals surface area contributed by atoms with Crippen LogP contribution in [0, 0.1) is 0 Å². The molecule has 0 fully saturated rings. The Labute approximate surface area is 185 Å². The Morgan fingerprint density at radius 2 is 1.97 bits per heavy atom. The van der Waals surface area contributed by atoms with E-state index in [0.29, 0.717) is 28.5 Å². The van der Waals surface area contributed by atoms with Gasteiger partial charge in [0.25, 0.3) is 5.91 Å². The molecule has 0 aliphatic carbocycles. The second-order valence-corrected chi connectivity index (χ2v) is 7.99. The lowest BCUT2D eigenvalue weighted by Gasteiger charge is -2.29. The number of halogens is 1. The first-order valence-corrected chi connectivity index (χ1v) is 10.3. The number of anilines is 2. The molecule has 156 valence electrons. The van der Waals surface area contributed by atoms with Gasteiger partial charge in [-0.25, -0.2) is 0 Å². The fourth-order valence-corrected chi connectivity index (χ4v) is 4.04. The number of ether oxygens (including phenoxy) is 2. The Morgan fingerprint density at radius 1 is 1.13 bits per heavy atom. The van der Waals surface area contributed by atoms with Crippen molar-refractivity contribution in [2.24, 2.45) is 0 Å². The van der Waals surface area contributed by atoms with E-state index in [-0.39, 0.29) is 25.0 Å². The highest BCUT2D eigenvalue weighted by molar-refractivity contribution is 9.10. The summed E-state index contributed by atoms with van der Waals surface area (Å²) in [6.45, 7) is -0.275. The molecule has 5 rings (SSSR count). The third-order valence-corrected chi connectivity index (χ3v) is 5.63. The fourth-order valence-electron chi connectivity index (χ4n) is 3.70. The number of carbonyl (C=O) groups is 2. The van der Waals surface area contributed by atoms with E-state index in [1.807, 2.05) is 30.3 Å².